The summed E-state index contributed by atoms with van der Waals surface area (Å²) in [6.45, 7) is -0.557. The first-order valence-electron chi connectivity index (χ1n) is 5.31. The molecule has 0 radical (unpaired) electrons. The molecule has 0 spiro atoms. The minimum Gasteiger partial charge on any atom is -0.264 e. The van der Waals surface area contributed by atoms with Gasteiger partial charge in [-0.2, -0.15) is 0 Å². The lowest BCUT2D eigenvalue weighted by molar-refractivity contribution is -0.496. The van der Waals surface area contributed by atoms with E-state index in [2.05, 4.69) is 0 Å². The molecule has 0 saturated carbocycles. The van der Waals surface area contributed by atoms with Crippen molar-refractivity contribution >= 4 is 10.8 Å². The molecule has 0 heterocycles. The van der Waals surface area contributed by atoms with E-state index >= 15 is 0 Å². The minimum atomic E-state index is -0.408. The molecule has 2 aromatic rings. The summed E-state index contributed by atoms with van der Waals surface area (Å²) in [7, 11) is 0. The van der Waals surface area contributed by atoms with Crippen LogP contribution in [0.5, 0.6) is 0 Å². The lowest BCUT2D eigenvalue weighted by Crippen LogP contribution is -2.01. The van der Waals surface area contributed by atoms with Crippen molar-refractivity contribution in [2.45, 2.75) is 13.1 Å². The van der Waals surface area contributed by atoms with Crippen LogP contribution in [0.3, 0.4) is 0 Å². The topological polar surface area (TPSA) is 86.3 Å². The van der Waals surface area contributed by atoms with E-state index in [0.29, 0.717) is 21.9 Å². The molecule has 0 atom stereocenters. The lowest BCUT2D eigenvalue weighted by Gasteiger charge is -2.05. The van der Waals surface area contributed by atoms with Gasteiger partial charge in [0.05, 0.1) is 0 Å². The van der Waals surface area contributed by atoms with E-state index in [1.165, 1.54) is 0 Å². The van der Waals surface area contributed by atoms with Gasteiger partial charge in [-0.15, -0.1) is 0 Å². The van der Waals surface area contributed by atoms with Gasteiger partial charge in [0.15, 0.2) is 0 Å². The molecule has 0 aliphatic carbocycles. The van der Waals surface area contributed by atoms with Gasteiger partial charge >= 0.3 is 0 Å². The molecular weight excluding hydrogens is 236 g/mol. The molecule has 0 aliphatic rings. The lowest BCUT2D eigenvalue weighted by atomic mass is 10.00. The van der Waals surface area contributed by atoms with E-state index in [1.54, 1.807) is 36.4 Å². The monoisotopic (exact) mass is 246 g/mol. The van der Waals surface area contributed by atoms with Crippen LogP contribution in [-0.4, -0.2) is 9.85 Å². The maximum Gasteiger partial charge on any atom is 0.229 e. The first-order valence-corrected chi connectivity index (χ1v) is 5.31. The Morgan fingerprint density at radius 1 is 0.778 bits per heavy atom. The first-order chi connectivity index (χ1) is 8.58. The van der Waals surface area contributed by atoms with Crippen LogP contribution in [-0.2, 0) is 13.1 Å². The van der Waals surface area contributed by atoms with Crippen LogP contribution in [0.1, 0.15) is 11.1 Å². The van der Waals surface area contributed by atoms with Gasteiger partial charge in [0.25, 0.3) is 0 Å². The average Bonchev–Trinajstić information content (AvgIpc) is 2.29. The smallest absolute Gasteiger partial charge is 0.229 e. The highest BCUT2D eigenvalue weighted by Gasteiger charge is 2.11. The van der Waals surface area contributed by atoms with E-state index < -0.39 is 9.85 Å². The molecule has 0 aliphatic heterocycles. The molecule has 2 rings (SSSR count). The van der Waals surface area contributed by atoms with Crippen molar-refractivity contribution in [2.24, 2.45) is 0 Å². The number of hydrogen-bond acceptors (Lipinski definition) is 4. The maximum absolute atomic E-state index is 10.6. The SMILES string of the molecule is O=[N+]([O-])Cc1cccc2c(C[N+](=O)[O-])cccc12. The molecule has 0 unspecified atom stereocenters. The summed E-state index contributed by atoms with van der Waals surface area (Å²) in [6.07, 6.45) is 0. The van der Waals surface area contributed by atoms with Crippen LogP contribution in [0.2, 0.25) is 0 Å². The van der Waals surface area contributed by atoms with Crippen molar-refractivity contribution in [3.05, 3.63) is 67.8 Å². The fourth-order valence-corrected chi connectivity index (χ4v) is 1.99. The van der Waals surface area contributed by atoms with Crippen molar-refractivity contribution in [3.63, 3.8) is 0 Å². The molecule has 92 valence electrons. The summed E-state index contributed by atoms with van der Waals surface area (Å²) in [4.78, 5) is 20.3. The predicted octanol–water partition coefficient (Wildman–Crippen LogP) is 2.39. The Balaban J connectivity index is 2.57. The largest absolute Gasteiger partial charge is 0.264 e. The van der Waals surface area contributed by atoms with Crippen LogP contribution in [0, 0.1) is 20.2 Å². The highest BCUT2D eigenvalue weighted by molar-refractivity contribution is 5.88. The number of rotatable bonds is 4. The average molecular weight is 246 g/mol. The van der Waals surface area contributed by atoms with Gasteiger partial charge in [-0.1, -0.05) is 36.4 Å². The number of hydrogen-bond donors (Lipinski definition) is 0. The van der Waals surface area contributed by atoms with Gasteiger partial charge in [-0.25, -0.2) is 0 Å². The minimum absolute atomic E-state index is 0.279. The molecule has 0 saturated heterocycles. The second-order valence-corrected chi connectivity index (χ2v) is 3.91. The first kappa shape index (κ1) is 12.0. The van der Waals surface area contributed by atoms with Crippen molar-refractivity contribution in [1.82, 2.24) is 0 Å². The molecule has 0 bridgehead atoms. The number of benzene rings is 2. The van der Waals surface area contributed by atoms with Crippen LogP contribution in [0.4, 0.5) is 0 Å². The van der Waals surface area contributed by atoms with Crippen molar-refractivity contribution in [2.75, 3.05) is 0 Å². The molecular formula is C12H10N2O4. The van der Waals surface area contributed by atoms with Crippen molar-refractivity contribution in [1.29, 1.82) is 0 Å². The second-order valence-electron chi connectivity index (χ2n) is 3.91. The van der Waals surface area contributed by atoms with Gasteiger partial charge in [0.2, 0.25) is 13.1 Å². The zero-order valence-corrected chi connectivity index (χ0v) is 9.41. The summed E-state index contributed by atoms with van der Waals surface area (Å²) in [6, 6.07) is 10.2. The number of nitrogens with zero attached hydrogens (tertiary/aromatic N) is 2. The molecule has 0 fully saturated rings. The van der Waals surface area contributed by atoms with E-state index in [9.17, 15) is 20.2 Å². The molecule has 6 heteroatoms. The Morgan fingerprint density at radius 2 is 1.17 bits per heavy atom. The third kappa shape index (κ3) is 2.42. The van der Waals surface area contributed by atoms with Gasteiger partial charge in [0, 0.05) is 21.0 Å². The Kier molecular flexibility index (Phi) is 3.18. The van der Waals surface area contributed by atoms with Crippen LogP contribution in [0.25, 0.3) is 10.8 Å². The van der Waals surface area contributed by atoms with Crippen molar-refractivity contribution in [3.8, 4) is 0 Å². The van der Waals surface area contributed by atoms with E-state index in [-0.39, 0.29) is 13.1 Å². The Labute approximate surface area is 102 Å². The normalized spacial score (nSPS) is 10.4. The Morgan fingerprint density at radius 3 is 1.50 bits per heavy atom. The fraction of sp³-hybridized carbons (Fsp3) is 0.167. The van der Waals surface area contributed by atoms with E-state index in [4.69, 9.17) is 0 Å². The number of fused-ring (bicyclic) bond motifs is 1. The van der Waals surface area contributed by atoms with Crippen LogP contribution < -0.4 is 0 Å². The molecule has 18 heavy (non-hydrogen) atoms. The highest BCUT2D eigenvalue weighted by atomic mass is 16.6. The quantitative estimate of drug-likeness (QED) is 0.612. The molecule has 0 aromatic heterocycles. The maximum atomic E-state index is 10.6. The highest BCUT2D eigenvalue weighted by Crippen LogP contribution is 2.23. The number of nitro groups is 2. The Bertz CT molecular complexity index is 569. The summed E-state index contributed by atoms with van der Waals surface area (Å²) in [5.74, 6) is 0. The zero-order valence-electron chi connectivity index (χ0n) is 9.41. The molecule has 0 amide bonds. The third-order valence-electron chi connectivity index (χ3n) is 2.70. The predicted molar refractivity (Wildman–Crippen MR) is 65.3 cm³/mol. The van der Waals surface area contributed by atoms with Gasteiger partial charge in [-0.05, 0) is 10.8 Å². The van der Waals surface area contributed by atoms with Gasteiger partial charge in [0.1, 0.15) is 0 Å². The van der Waals surface area contributed by atoms with Crippen LogP contribution in [0.15, 0.2) is 36.4 Å². The van der Waals surface area contributed by atoms with E-state index in [1.807, 2.05) is 0 Å². The summed E-state index contributed by atoms with van der Waals surface area (Å²) < 4.78 is 0. The van der Waals surface area contributed by atoms with Gasteiger partial charge in [-0.3, -0.25) is 20.2 Å². The zero-order chi connectivity index (χ0) is 13.1. The summed E-state index contributed by atoms with van der Waals surface area (Å²) in [5.41, 5.74) is 1.14. The van der Waals surface area contributed by atoms with Gasteiger partial charge < -0.3 is 0 Å². The molecule has 6 nitrogen and oxygen atoms in total. The molecule has 2 aromatic carbocycles. The second kappa shape index (κ2) is 4.79. The van der Waals surface area contributed by atoms with Crippen LogP contribution >= 0.6 is 0 Å². The Hall–Kier alpha value is -2.50. The van der Waals surface area contributed by atoms with Crippen molar-refractivity contribution < 1.29 is 9.85 Å². The summed E-state index contributed by atoms with van der Waals surface area (Å²) in [5, 5.41) is 22.5. The standard InChI is InChI=1S/C12H10N2O4/c15-13(16)7-9-3-1-5-11-10(8-14(17)18)4-2-6-12(9)11/h1-6H,7-8H2. The summed E-state index contributed by atoms with van der Waals surface area (Å²) >= 11 is 0. The molecule has 0 N–H and O–H groups in total. The third-order valence-corrected chi connectivity index (χ3v) is 2.70. The fourth-order valence-electron chi connectivity index (χ4n) is 1.99. The van der Waals surface area contributed by atoms with E-state index in [0.717, 1.165) is 0 Å².